The molecule has 0 saturated carbocycles. The van der Waals surface area contributed by atoms with Gasteiger partial charge in [-0.05, 0) is 20.8 Å². The fourth-order valence-corrected chi connectivity index (χ4v) is 0.443. The molecule has 0 aromatic carbocycles. The highest BCUT2D eigenvalue weighted by Crippen LogP contribution is 2.04. The Kier molecular flexibility index (Phi) is 6.94. The molecule has 0 amide bonds. The summed E-state index contributed by atoms with van der Waals surface area (Å²) in [5.74, 6) is -0.478. The Balaban J connectivity index is 0.000000401. The third-order valence-corrected chi connectivity index (χ3v) is 1.48. The Morgan fingerprint density at radius 1 is 1.73 bits per heavy atom. The summed E-state index contributed by atoms with van der Waals surface area (Å²) in [5.41, 5.74) is 0.329. The van der Waals surface area contributed by atoms with Crippen LogP contribution < -0.4 is 0 Å². The van der Waals surface area contributed by atoms with Crippen molar-refractivity contribution in [2.24, 2.45) is 0 Å². The van der Waals surface area contributed by atoms with Crippen molar-refractivity contribution >= 4 is 5.97 Å². The largest absolute Gasteiger partial charge is 0.459 e. The molecule has 15 heavy (non-hydrogen) atoms. The number of carbonyl (C=O) groups is 1. The van der Waals surface area contributed by atoms with E-state index < -0.39 is 12.1 Å². The van der Waals surface area contributed by atoms with Crippen LogP contribution in [0.3, 0.4) is 0 Å². The summed E-state index contributed by atoms with van der Waals surface area (Å²) in [7, 11) is 0. The molecule has 0 aromatic heterocycles. The quantitative estimate of drug-likeness (QED) is 0.254. The van der Waals surface area contributed by atoms with Crippen molar-refractivity contribution in [2.75, 3.05) is 13.2 Å². The van der Waals surface area contributed by atoms with Crippen LogP contribution in [0.4, 0.5) is 0 Å². The highest BCUT2D eigenvalue weighted by Gasteiger charge is 2.13. The van der Waals surface area contributed by atoms with Crippen molar-refractivity contribution < 1.29 is 24.4 Å². The van der Waals surface area contributed by atoms with Crippen molar-refractivity contribution in [1.29, 1.82) is 0 Å². The summed E-state index contributed by atoms with van der Waals surface area (Å²) < 4.78 is 9.34. The number of esters is 1. The minimum atomic E-state index is -0.502. The third kappa shape index (κ3) is 9.40. The van der Waals surface area contributed by atoms with E-state index in [-0.39, 0.29) is 6.61 Å². The fourth-order valence-electron chi connectivity index (χ4n) is 0.443. The molecule has 88 valence electrons. The van der Waals surface area contributed by atoms with Crippen LogP contribution in [0.15, 0.2) is 12.2 Å². The molecular formula is C10H18O5. The SMILES string of the molecule is C=C(C)C(=O)OCC(C)OO.CC1CO1. The third-order valence-electron chi connectivity index (χ3n) is 1.48. The van der Waals surface area contributed by atoms with Gasteiger partial charge in [0.15, 0.2) is 0 Å². The van der Waals surface area contributed by atoms with Crippen LogP contribution in [0, 0.1) is 0 Å². The molecule has 1 fully saturated rings. The summed E-state index contributed by atoms with van der Waals surface area (Å²) >= 11 is 0. The Labute approximate surface area is 89.6 Å². The summed E-state index contributed by atoms with van der Waals surface area (Å²) in [6, 6.07) is 0. The number of rotatable bonds is 4. The number of carbonyl (C=O) groups excluding carboxylic acids is 1. The lowest BCUT2D eigenvalue weighted by molar-refractivity contribution is -0.280. The normalized spacial score (nSPS) is 19.6. The van der Waals surface area contributed by atoms with Gasteiger partial charge in [0, 0.05) is 5.57 Å². The van der Waals surface area contributed by atoms with E-state index in [0.29, 0.717) is 11.7 Å². The maximum absolute atomic E-state index is 10.7. The smallest absolute Gasteiger partial charge is 0.333 e. The first-order valence-corrected chi connectivity index (χ1v) is 4.71. The topological polar surface area (TPSA) is 68.3 Å². The van der Waals surface area contributed by atoms with Gasteiger partial charge < -0.3 is 9.47 Å². The molecule has 0 aromatic rings. The number of hydrogen-bond donors (Lipinski definition) is 1. The molecule has 1 saturated heterocycles. The van der Waals surface area contributed by atoms with E-state index in [9.17, 15) is 4.79 Å². The minimum absolute atomic E-state index is 0.0300. The molecule has 0 bridgehead atoms. The van der Waals surface area contributed by atoms with E-state index in [0.717, 1.165) is 6.61 Å². The number of hydrogen-bond acceptors (Lipinski definition) is 5. The molecule has 5 heteroatoms. The zero-order chi connectivity index (χ0) is 11.8. The van der Waals surface area contributed by atoms with Crippen LogP contribution in [0.1, 0.15) is 20.8 Å². The van der Waals surface area contributed by atoms with Crippen molar-refractivity contribution in [3.05, 3.63) is 12.2 Å². The van der Waals surface area contributed by atoms with E-state index in [1.807, 2.05) is 0 Å². The lowest BCUT2D eigenvalue weighted by Crippen LogP contribution is -2.17. The summed E-state index contributed by atoms with van der Waals surface area (Å²) in [6.07, 6.45) is 0.0818. The van der Waals surface area contributed by atoms with Crippen LogP contribution in [-0.2, 0) is 19.2 Å². The fraction of sp³-hybridized carbons (Fsp3) is 0.700. The molecule has 1 heterocycles. The summed E-state index contributed by atoms with van der Waals surface area (Å²) in [5, 5.41) is 8.07. The number of epoxide rings is 1. The van der Waals surface area contributed by atoms with Gasteiger partial charge in [-0.15, -0.1) is 0 Å². The monoisotopic (exact) mass is 218 g/mol. The molecule has 1 aliphatic heterocycles. The van der Waals surface area contributed by atoms with Crippen LogP contribution in [0.25, 0.3) is 0 Å². The Bertz CT molecular complexity index is 210. The van der Waals surface area contributed by atoms with Crippen molar-refractivity contribution in [3.8, 4) is 0 Å². The van der Waals surface area contributed by atoms with Crippen LogP contribution >= 0.6 is 0 Å². The molecular weight excluding hydrogens is 200 g/mol. The maximum atomic E-state index is 10.7. The van der Waals surface area contributed by atoms with Crippen LogP contribution in [0.5, 0.6) is 0 Å². The van der Waals surface area contributed by atoms with Gasteiger partial charge in [-0.3, -0.25) is 5.26 Å². The highest BCUT2D eigenvalue weighted by molar-refractivity contribution is 5.86. The predicted molar refractivity (Wildman–Crippen MR) is 54.4 cm³/mol. The van der Waals surface area contributed by atoms with Crippen molar-refractivity contribution in [1.82, 2.24) is 0 Å². The number of ether oxygens (including phenoxy) is 2. The van der Waals surface area contributed by atoms with E-state index in [2.05, 4.69) is 23.1 Å². The van der Waals surface area contributed by atoms with Gasteiger partial charge in [0.2, 0.25) is 0 Å². The first-order valence-electron chi connectivity index (χ1n) is 4.71. The standard InChI is InChI=1S/C7H12O4.C3H6O/c1-5(2)7(8)10-4-6(3)11-9;1-3-2-4-3/h6,9H,1,4H2,2-3H3;3H,2H2,1H3. The Hall–Kier alpha value is -0.910. The zero-order valence-electron chi connectivity index (χ0n) is 9.36. The van der Waals surface area contributed by atoms with Gasteiger partial charge >= 0.3 is 5.97 Å². The lowest BCUT2D eigenvalue weighted by Gasteiger charge is -2.07. The van der Waals surface area contributed by atoms with Gasteiger partial charge in [-0.2, -0.15) is 0 Å². The van der Waals surface area contributed by atoms with E-state index in [1.165, 1.54) is 0 Å². The van der Waals surface area contributed by atoms with E-state index >= 15 is 0 Å². The lowest BCUT2D eigenvalue weighted by atomic mass is 10.3. The minimum Gasteiger partial charge on any atom is -0.459 e. The van der Waals surface area contributed by atoms with Gasteiger partial charge in [0.25, 0.3) is 0 Å². The van der Waals surface area contributed by atoms with Crippen LogP contribution in [-0.4, -0.2) is 36.6 Å². The first kappa shape index (κ1) is 14.1. The molecule has 0 spiro atoms. The van der Waals surface area contributed by atoms with Gasteiger partial charge in [0.1, 0.15) is 12.7 Å². The van der Waals surface area contributed by atoms with Gasteiger partial charge in [-0.1, -0.05) is 6.58 Å². The second-order valence-corrected chi connectivity index (χ2v) is 3.44. The molecule has 2 unspecified atom stereocenters. The molecule has 1 N–H and O–H groups in total. The van der Waals surface area contributed by atoms with Gasteiger partial charge in [-0.25, -0.2) is 9.68 Å². The second kappa shape index (κ2) is 7.39. The zero-order valence-corrected chi connectivity index (χ0v) is 9.36. The molecule has 5 nitrogen and oxygen atoms in total. The highest BCUT2D eigenvalue weighted by atomic mass is 17.1. The van der Waals surface area contributed by atoms with Crippen molar-refractivity contribution in [2.45, 2.75) is 33.0 Å². The van der Waals surface area contributed by atoms with E-state index in [1.54, 1.807) is 13.8 Å². The van der Waals surface area contributed by atoms with Gasteiger partial charge in [0.05, 0.1) is 12.7 Å². The average molecular weight is 218 g/mol. The van der Waals surface area contributed by atoms with E-state index in [4.69, 9.17) is 9.99 Å². The second-order valence-electron chi connectivity index (χ2n) is 3.44. The summed E-state index contributed by atoms with van der Waals surface area (Å²) in [6.45, 7) is 9.58. The van der Waals surface area contributed by atoms with Crippen molar-refractivity contribution in [3.63, 3.8) is 0 Å². The molecule has 0 radical (unpaired) electrons. The summed E-state index contributed by atoms with van der Waals surface area (Å²) in [4.78, 5) is 14.6. The molecule has 1 aliphatic rings. The molecule has 0 aliphatic carbocycles. The average Bonchev–Trinajstić information content (AvgIpc) is 2.97. The maximum Gasteiger partial charge on any atom is 0.333 e. The first-order chi connectivity index (χ1) is 6.97. The Morgan fingerprint density at radius 2 is 2.20 bits per heavy atom. The Morgan fingerprint density at radius 3 is 2.47 bits per heavy atom. The molecule has 1 rings (SSSR count). The van der Waals surface area contributed by atoms with Crippen LogP contribution in [0.2, 0.25) is 0 Å². The molecule has 2 atom stereocenters. The predicted octanol–water partition coefficient (Wildman–Crippen LogP) is 1.39.